The lowest BCUT2D eigenvalue weighted by Crippen LogP contribution is -2.34. The Balaban J connectivity index is -0.000000412. The SMILES string of the molecule is CC(C)(C)OCc1ccc(Cl)cc1.CC(C)(C)OCc1cccc(Cl)c1.CC(C)(C)OCc1ccccc1.CC(C)(C)Oc1ccccc1.CC(C)OC(C)(C)C.CCCOC(C)(C)C.CCOC(C)(C)C.CN(C)C(C)(C)C. The Hall–Kier alpha value is -3.02. The molecule has 4 aromatic carbocycles. The van der Waals surface area contributed by atoms with Crippen molar-refractivity contribution in [2.45, 2.75) is 271 Å². The zero-order valence-electron chi connectivity index (χ0n) is 56.3. The summed E-state index contributed by atoms with van der Waals surface area (Å²) in [5, 5.41) is 1.52. The zero-order valence-corrected chi connectivity index (χ0v) is 57.8. The summed E-state index contributed by atoms with van der Waals surface area (Å²) in [4.78, 5) is 2.19. The average molecular weight is 1150 g/mol. The van der Waals surface area contributed by atoms with Gasteiger partial charge in [0, 0.05) is 28.8 Å². The fraction of sp³-hybridized carbons (Fsp3) is 0.652. The van der Waals surface area contributed by atoms with Gasteiger partial charge in [-0.2, -0.15) is 0 Å². The zero-order chi connectivity index (χ0) is 62.5. The number of hydrogen-bond acceptors (Lipinski definition) is 8. The molecule has 4 rings (SSSR count). The van der Waals surface area contributed by atoms with Gasteiger partial charge in [0.2, 0.25) is 0 Å². The minimum atomic E-state index is -0.0959. The van der Waals surface area contributed by atoms with Gasteiger partial charge in [0.1, 0.15) is 11.4 Å². The van der Waals surface area contributed by atoms with E-state index in [9.17, 15) is 0 Å². The van der Waals surface area contributed by atoms with Crippen LogP contribution in [0.4, 0.5) is 0 Å². The molecule has 0 heterocycles. The van der Waals surface area contributed by atoms with Crippen LogP contribution in [0.25, 0.3) is 0 Å². The number of nitrogens with zero attached hydrogens (tertiary/aromatic N) is 1. The van der Waals surface area contributed by atoms with Crippen molar-refractivity contribution in [3.63, 3.8) is 0 Å². The second-order valence-electron chi connectivity index (χ2n) is 27.3. The summed E-state index contributed by atoms with van der Waals surface area (Å²) in [7, 11) is 4.17. The lowest BCUT2D eigenvalue weighted by atomic mass is 10.1. The van der Waals surface area contributed by atoms with E-state index in [2.05, 4.69) is 142 Å². The molecule has 0 bridgehead atoms. The quantitative estimate of drug-likeness (QED) is 0.147. The van der Waals surface area contributed by atoms with E-state index in [0.717, 1.165) is 46.6 Å². The highest BCUT2D eigenvalue weighted by Gasteiger charge is 2.14. The number of ether oxygens (including phenoxy) is 7. The van der Waals surface area contributed by atoms with Crippen LogP contribution >= 0.6 is 23.2 Å². The molecule has 0 aromatic heterocycles. The molecule has 0 amide bonds. The Labute approximate surface area is 498 Å². The van der Waals surface area contributed by atoms with Crippen molar-refractivity contribution in [2.24, 2.45) is 0 Å². The Morgan fingerprint density at radius 2 is 0.747 bits per heavy atom. The van der Waals surface area contributed by atoms with Crippen LogP contribution in [0.5, 0.6) is 5.75 Å². The average Bonchev–Trinajstić information content (AvgIpc) is 3.26. The van der Waals surface area contributed by atoms with Gasteiger partial charge < -0.3 is 38.1 Å². The van der Waals surface area contributed by atoms with Crippen LogP contribution < -0.4 is 4.74 Å². The first-order valence-electron chi connectivity index (χ1n) is 28.4. The van der Waals surface area contributed by atoms with Crippen molar-refractivity contribution in [2.75, 3.05) is 27.3 Å². The summed E-state index contributed by atoms with van der Waals surface area (Å²) in [6.45, 7) is 61.6. The molecule has 0 atom stereocenters. The summed E-state index contributed by atoms with van der Waals surface area (Å²) in [5.74, 6) is 0.931. The molecule has 10 heteroatoms. The molecule has 0 aliphatic rings. The topological polar surface area (TPSA) is 67.9 Å². The third-order valence-electron chi connectivity index (χ3n) is 9.08. The lowest BCUT2D eigenvalue weighted by Gasteiger charge is -2.27. The van der Waals surface area contributed by atoms with Crippen molar-refractivity contribution in [3.8, 4) is 5.75 Å². The molecule has 0 saturated heterocycles. The third-order valence-corrected chi connectivity index (χ3v) is 9.56. The fourth-order valence-corrected chi connectivity index (χ4v) is 5.41. The molecule has 0 aliphatic heterocycles. The maximum Gasteiger partial charge on any atom is 0.120 e. The Bertz CT molecular complexity index is 2000. The molecule has 8 nitrogen and oxygen atoms in total. The van der Waals surface area contributed by atoms with Crippen LogP contribution in [0.15, 0.2) is 109 Å². The van der Waals surface area contributed by atoms with Crippen molar-refractivity contribution < 1.29 is 33.2 Å². The summed E-state index contributed by atoms with van der Waals surface area (Å²) in [6.07, 6.45) is 1.45. The lowest BCUT2D eigenvalue weighted by molar-refractivity contribution is -0.0425. The van der Waals surface area contributed by atoms with Gasteiger partial charge in [-0.1, -0.05) is 103 Å². The molecule has 0 radical (unpaired) electrons. The van der Waals surface area contributed by atoms with Gasteiger partial charge in [-0.15, -0.1) is 0 Å². The number of halogens is 2. The molecule has 458 valence electrons. The van der Waals surface area contributed by atoms with Crippen molar-refractivity contribution in [1.82, 2.24) is 4.90 Å². The molecule has 0 N–H and O–H groups in total. The highest BCUT2D eigenvalue weighted by molar-refractivity contribution is 6.30. The van der Waals surface area contributed by atoms with Gasteiger partial charge in [0.05, 0.1) is 59.5 Å². The summed E-state index contributed by atoms with van der Waals surface area (Å²) in [5.41, 5.74) is 3.63. The van der Waals surface area contributed by atoms with E-state index in [1.807, 2.05) is 180 Å². The molecule has 79 heavy (non-hydrogen) atoms. The summed E-state index contributed by atoms with van der Waals surface area (Å²) in [6, 6.07) is 35.5. The van der Waals surface area contributed by atoms with Gasteiger partial charge in [0.25, 0.3) is 0 Å². The first kappa shape index (κ1) is 82.4. The van der Waals surface area contributed by atoms with Crippen LogP contribution in [0, 0.1) is 0 Å². The van der Waals surface area contributed by atoms with E-state index < -0.39 is 0 Å². The number of benzene rings is 4. The minimum Gasteiger partial charge on any atom is -0.488 e. The minimum absolute atomic E-state index is 0.0220. The highest BCUT2D eigenvalue weighted by atomic mass is 35.5. The predicted molar refractivity (Wildman–Crippen MR) is 347 cm³/mol. The van der Waals surface area contributed by atoms with E-state index >= 15 is 0 Å². The molecule has 0 spiro atoms. The van der Waals surface area contributed by atoms with Gasteiger partial charge >= 0.3 is 0 Å². The van der Waals surface area contributed by atoms with Crippen molar-refractivity contribution >= 4 is 23.2 Å². The first-order valence-corrected chi connectivity index (χ1v) is 29.2. The molecule has 4 aromatic rings. The summed E-state index contributed by atoms with van der Waals surface area (Å²) >= 11 is 11.6. The van der Waals surface area contributed by atoms with Crippen LogP contribution in [0.3, 0.4) is 0 Å². The monoisotopic (exact) mass is 1150 g/mol. The molecule has 0 unspecified atom stereocenters. The van der Waals surface area contributed by atoms with Crippen LogP contribution in [0.2, 0.25) is 10.0 Å². The fourth-order valence-electron chi connectivity index (χ4n) is 5.07. The summed E-state index contributed by atoms with van der Waals surface area (Å²) < 4.78 is 38.5. The largest absolute Gasteiger partial charge is 0.488 e. The number of para-hydroxylation sites is 1. The Morgan fingerprint density at radius 1 is 0.392 bits per heavy atom. The van der Waals surface area contributed by atoms with Gasteiger partial charge in [0.15, 0.2) is 0 Å². The van der Waals surface area contributed by atoms with Crippen molar-refractivity contribution in [1.29, 1.82) is 0 Å². The van der Waals surface area contributed by atoms with Gasteiger partial charge in [-0.3, -0.25) is 0 Å². The molecule has 0 fully saturated rings. The number of hydrogen-bond donors (Lipinski definition) is 0. The van der Waals surface area contributed by atoms with Gasteiger partial charge in [-0.05, 0) is 261 Å². The molecular formula is C69H121Cl2NO7. The predicted octanol–water partition coefficient (Wildman–Crippen LogP) is 20.8. The maximum atomic E-state index is 5.84. The first-order chi connectivity index (χ1) is 35.6. The molecule has 0 saturated carbocycles. The van der Waals surface area contributed by atoms with E-state index in [0.29, 0.717) is 31.5 Å². The maximum absolute atomic E-state index is 5.84. The normalized spacial score (nSPS) is 11.9. The Morgan fingerprint density at radius 3 is 1.01 bits per heavy atom. The van der Waals surface area contributed by atoms with Crippen LogP contribution in [-0.2, 0) is 48.2 Å². The van der Waals surface area contributed by atoms with E-state index in [1.54, 1.807) is 0 Å². The van der Waals surface area contributed by atoms with Gasteiger partial charge in [-0.25, -0.2) is 0 Å². The van der Waals surface area contributed by atoms with Crippen LogP contribution in [-0.4, -0.2) is 83.1 Å². The molecule has 0 aliphatic carbocycles. The smallest absolute Gasteiger partial charge is 0.120 e. The van der Waals surface area contributed by atoms with E-state index in [4.69, 9.17) is 56.4 Å². The van der Waals surface area contributed by atoms with E-state index in [-0.39, 0.29) is 39.2 Å². The second-order valence-corrected chi connectivity index (χ2v) is 28.2. The molecular weight excluding hydrogens is 1030 g/mol. The standard InChI is InChI=1S/2C11H15ClO.C11H16O.C10H14O.2C7H16O.C6H15N.C6H14O/c1-11(2,3)13-8-9-4-6-10(12)7-5-9;1-11(2,3)13-8-9-5-4-6-10(12)7-9;1-11(2,3)12-9-10-7-5-4-6-8-10;1-10(2,3)11-9-7-5-4-6-8-9;1-6(2)8-7(3,4)5;1-5-6-8-7(2,3)4;1-6(2,3)7(4)5;1-5-7-6(2,3)4/h2*4-7H,8H2,1-3H3;4-8H,9H2,1-3H3;4-8H,1-3H3;6H,1-5H3;5-6H2,1-4H3;1-5H3;5H2,1-4H3. The van der Waals surface area contributed by atoms with Crippen LogP contribution in [0.1, 0.15) is 217 Å². The highest BCUT2D eigenvalue weighted by Crippen LogP contribution is 2.19. The Kier molecular flexibility index (Phi) is 42.8. The number of rotatable bonds is 11. The van der Waals surface area contributed by atoms with E-state index in [1.165, 1.54) is 5.56 Å². The third kappa shape index (κ3) is 69.2. The van der Waals surface area contributed by atoms with Crippen molar-refractivity contribution in [3.05, 3.63) is 136 Å². The second kappa shape index (κ2) is 41.1.